The summed E-state index contributed by atoms with van der Waals surface area (Å²) in [5, 5.41) is 28.9. The Morgan fingerprint density at radius 2 is 1.83 bits per heavy atom. The van der Waals surface area contributed by atoms with E-state index in [1.807, 2.05) is 6.07 Å². The first-order valence-corrected chi connectivity index (χ1v) is 6.29. The number of rotatable bonds is 3. The smallest absolute Gasteiger partial charge is 0.268 e. The fourth-order valence-corrected chi connectivity index (χ4v) is 2.16. The number of benzene rings is 1. The molecule has 0 saturated carbocycles. The van der Waals surface area contributed by atoms with Crippen LogP contribution in [-0.4, -0.2) is 24.3 Å². The van der Waals surface area contributed by atoms with Gasteiger partial charge in [0.05, 0.1) is 14.2 Å². The summed E-state index contributed by atoms with van der Waals surface area (Å²) in [5.74, 6) is -0.175. The van der Waals surface area contributed by atoms with E-state index in [1.165, 1.54) is 26.4 Å². The summed E-state index contributed by atoms with van der Waals surface area (Å²) in [6.07, 6.45) is 0. The van der Waals surface area contributed by atoms with Crippen molar-refractivity contribution in [1.82, 2.24) is 4.98 Å². The number of nitrogen functional groups attached to an aromatic ring is 1. The summed E-state index contributed by atoms with van der Waals surface area (Å²) in [5.41, 5.74) is 4.37. The maximum absolute atomic E-state index is 11.9. The van der Waals surface area contributed by atoms with Crippen LogP contribution in [-0.2, 0) is 0 Å². The lowest BCUT2D eigenvalue weighted by Crippen LogP contribution is -2.16. The molecule has 0 unspecified atom stereocenters. The van der Waals surface area contributed by atoms with E-state index in [0.29, 0.717) is 5.75 Å². The molecule has 2 aromatic rings. The molecule has 0 atom stereocenters. The molecule has 0 radical (unpaired) electrons. The molecule has 2 rings (SSSR count). The maximum atomic E-state index is 11.9. The number of ether oxygens (including phenoxy) is 2. The second-order valence-corrected chi connectivity index (χ2v) is 4.44. The van der Waals surface area contributed by atoms with Gasteiger partial charge in [-0.1, -0.05) is 0 Å². The number of nitriles is 2. The van der Waals surface area contributed by atoms with Gasteiger partial charge in [0.25, 0.3) is 5.56 Å². The number of hydrogen-bond acceptors (Lipinski definition) is 7. The zero-order valence-corrected chi connectivity index (χ0v) is 12.3. The first-order valence-electron chi connectivity index (χ1n) is 6.29. The van der Waals surface area contributed by atoms with Crippen LogP contribution in [0.15, 0.2) is 16.9 Å². The van der Waals surface area contributed by atoms with Crippen molar-refractivity contribution in [3.8, 4) is 40.5 Å². The summed E-state index contributed by atoms with van der Waals surface area (Å²) in [7, 11) is 2.74. The molecule has 0 spiro atoms. The van der Waals surface area contributed by atoms with E-state index in [0.717, 1.165) is 0 Å². The van der Waals surface area contributed by atoms with Crippen molar-refractivity contribution < 1.29 is 14.6 Å². The van der Waals surface area contributed by atoms with E-state index in [2.05, 4.69) is 4.98 Å². The quantitative estimate of drug-likeness (QED) is 0.768. The molecular weight excluding hydrogens is 300 g/mol. The number of methoxy groups -OCH3 is 2. The Balaban J connectivity index is 3.01. The Kier molecular flexibility index (Phi) is 4.10. The largest absolute Gasteiger partial charge is 0.504 e. The van der Waals surface area contributed by atoms with Gasteiger partial charge in [0, 0.05) is 17.2 Å². The van der Waals surface area contributed by atoms with Gasteiger partial charge in [0.1, 0.15) is 34.8 Å². The second-order valence-electron chi connectivity index (χ2n) is 4.44. The molecular formula is C15H12N4O4. The molecule has 8 nitrogen and oxygen atoms in total. The van der Waals surface area contributed by atoms with Crippen LogP contribution in [0.3, 0.4) is 0 Å². The van der Waals surface area contributed by atoms with E-state index in [-0.39, 0.29) is 39.6 Å². The molecule has 1 aromatic heterocycles. The Hall–Kier alpha value is -3.65. The van der Waals surface area contributed by atoms with Crippen molar-refractivity contribution in [2.75, 3.05) is 20.0 Å². The Morgan fingerprint density at radius 1 is 1.17 bits per heavy atom. The van der Waals surface area contributed by atoms with Crippen LogP contribution < -0.4 is 20.8 Å². The van der Waals surface area contributed by atoms with E-state index < -0.39 is 5.56 Å². The minimum absolute atomic E-state index is 0.0344. The average molecular weight is 312 g/mol. The number of aromatic amines is 1. The van der Waals surface area contributed by atoms with Crippen molar-refractivity contribution in [2.45, 2.75) is 0 Å². The van der Waals surface area contributed by atoms with Gasteiger partial charge in [0.2, 0.25) is 0 Å². The highest BCUT2D eigenvalue weighted by molar-refractivity contribution is 5.85. The normalized spacial score (nSPS) is 9.74. The van der Waals surface area contributed by atoms with Gasteiger partial charge in [-0.05, 0) is 6.07 Å². The Labute approximate surface area is 130 Å². The minimum atomic E-state index is -0.764. The Bertz CT molecular complexity index is 919. The number of pyridine rings is 1. The van der Waals surface area contributed by atoms with Crippen molar-refractivity contribution in [2.24, 2.45) is 0 Å². The molecule has 0 bridgehead atoms. The monoisotopic (exact) mass is 312 g/mol. The third-order valence-electron chi connectivity index (χ3n) is 3.24. The first-order chi connectivity index (χ1) is 11.0. The number of H-pyrrole nitrogens is 1. The van der Waals surface area contributed by atoms with E-state index in [1.54, 1.807) is 6.07 Å². The zero-order valence-electron chi connectivity index (χ0n) is 12.3. The summed E-state index contributed by atoms with van der Waals surface area (Å²) in [6.45, 7) is 0. The van der Waals surface area contributed by atoms with Crippen LogP contribution >= 0.6 is 0 Å². The van der Waals surface area contributed by atoms with E-state index in [4.69, 9.17) is 15.2 Å². The Morgan fingerprint density at radius 3 is 2.35 bits per heavy atom. The third kappa shape index (κ3) is 2.49. The van der Waals surface area contributed by atoms with Gasteiger partial charge in [-0.3, -0.25) is 4.79 Å². The molecule has 0 aliphatic heterocycles. The maximum Gasteiger partial charge on any atom is 0.268 e. The molecule has 0 aliphatic carbocycles. The van der Waals surface area contributed by atoms with Gasteiger partial charge in [-0.25, -0.2) is 0 Å². The van der Waals surface area contributed by atoms with Crippen LogP contribution in [0.2, 0.25) is 0 Å². The third-order valence-corrected chi connectivity index (χ3v) is 3.24. The van der Waals surface area contributed by atoms with Crippen LogP contribution in [0, 0.1) is 22.7 Å². The minimum Gasteiger partial charge on any atom is -0.504 e. The molecule has 0 aliphatic rings. The lowest BCUT2D eigenvalue weighted by Gasteiger charge is -2.14. The molecule has 116 valence electrons. The first kappa shape index (κ1) is 15.7. The number of phenolic OH excluding ortho intramolecular Hbond substituents is 1. The second kappa shape index (κ2) is 6.00. The average Bonchev–Trinajstić information content (AvgIpc) is 2.54. The number of hydrogen-bond donors (Lipinski definition) is 3. The van der Waals surface area contributed by atoms with Gasteiger partial charge in [-0.15, -0.1) is 0 Å². The van der Waals surface area contributed by atoms with Gasteiger partial charge < -0.3 is 25.3 Å². The standard InChI is InChI=1S/C15H12N4O4/c1-22-7-3-8(13(20)11(4-7)23-2)12-9(5-16)14(18)19-15(21)10(12)6-17/h3-4,20H,1-2H3,(H3,18,19,21). The number of nitrogens with zero attached hydrogens (tertiary/aromatic N) is 2. The highest BCUT2D eigenvalue weighted by atomic mass is 16.5. The molecule has 0 saturated heterocycles. The number of aromatic nitrogens is 1. The fraction of sp³-hybridized carbons (Fsp3) is 0.133. The van der Waals surface area contributed by atoms with Gasteiger partial charge in [-0.2, -0.15) is 10.5 Å². The molecule has 23 heavy (non-hydrogen) atoms. The van der Waals surface area contributed by atoms with Crippen LogP contribution in [0.1, 0.15) is 11.1 Å². The zero-order chi connectivity index (χ0) is 17.1. The molecule has 1 aromatic carbocycles. The van der Waals surface area contributed by atoms with Crippen molar-refractivity contribution >= 4 is 5.82 Å². The van der Waals surface area contributed by atoms with Crippen LogP contribution in [0.4, 0.5) is 5.82 Å². The predicted octanol–water partition coefficient (Wildman–Crippen LogP) is 1.09. The molecule has 8 heteroatoms. The van der Waals surface area contributed by atoms with E-state index in [9.17, 15) is 20.4 Å². The molecule has 1 heterocycles. The highest BCUT2D eigenvalue weighted by Crippen LogP contribution is 2.43. The number of aromatic hydroxyl groups is 1. The van der Waals surface area contributed by atoms with Crippen LogP contribution in [0.5, 0.6) is 17.2 Å². The molecule has 4 N–H and O–H groups in total. The fourth-order valence-electron chi connectivity index (χ4n) is 2.16. The van der Waals surface area contributed by atoms with Crippen molar-refractivity contribution in [1.29, 1.82) is 10.5 Å². The number of nitrogens with two attached hydrogens (primary N) is 1. The highest BCUT2D eigenvalue weighted by Gasteiger charge is 2.23. The number of anilines is 1. The van der Waals surface area contributed by atoms with Gasteiger partial charge in [0.15, 0.2) is 11.5 Å². The predicted molar refractivity (Wildman–Crippen MR) is 81.1 cm³/mol. The van der Waals surface area contributed by atoms with Crippen LogP contribution in [0.25, 0.3) is 11.1 Å². The summed E-state index contributed by atoms with van der Waals surface area (Å²) in [4.78, 5) is 14.2. The SMILES string of the molecule is COc1cc(OC)c(O)c(-c2c(C#N)c(N)[nH]c(=O)c2C#N)c1. The summed E-state index contributed by atoms with van der Waals surface area (Å²) in [6, 6.07) is 6.36. The van der Waals surface area contributed by atoms with Crippen molar-refractivity contribution in [3.63, 3.8) is 0 Å². The van der Waals surface area contributed by atoms with E-state index >= 15 is 0 Å². The van der Waals surface area contributed by atoms with Gasteiger partial charge >= 0.3 is 0 Å². The summed E-state index contributed by atoms with van der Waals surface area (Å²) < 4.78 is 10.2. The lowest BCUT2D eigenvalue weighted by molar-refractivity contribution is 0.365. The number of phenols is 1. The summed E-state index contributed by atoms with van der Waals surface area (Å²) >= 11 is 0. The number of nitrogens with one attached hydrogen (secondary N) is 1. The molecule has 0 fully saturated rings. The van der Waals surface area contributed by atoms with Crippen molar-refractivity contribution in [3.05, 3.63) is 33.6 Å². The lowest BCUT2D eigenvalue weighted by atomic mass is 9.95. The topological polar surface area (TPSA) is 145 Å². The molecule has 0 amide bonds.